The molecule has 1 saturated heterocycles. The second-order valence-electron chi connectivity index (χ2n) is 4.89. The number of aldehydes is 1. The second kappa shape index (κ2) is 4.34. The molecule has 1 fully saturated rings. The first-order valence-corrected chi connectivity index (χ1v) is 6.25. The van der Waals surface area contributed by atoms with Crippen LogP contribution < -0.4 is 0 Å². The average Bonchev–Trinajstić information content (AvgIpc) is 2.85. The molecule has 0 bridgehead atoms. The predicted molar refractivity (Wildman–Crippen MR) is 68.1 cm³/mol. The molecule has 0 aromatic heterocycles. The van der Waals surface area contributed by atoms with Gasteiger partial charge in [0.25, 0.3) is 0 Å². The number of carbonyl (C=O) groups excluding carboxylic acids is 1. The van der Waals surface area contributed by atoms with Crippen molar-refractivity contribution in [2.45, 2.75) is 18.6 Å². The van der Waals surface area contributed by atoms with Crippen molar-refractivity contribution in [2.24, 2.45) is 5.92 Å². The molecule has 2 aliphatic rings. The molecule has 0 saturated carbocycles. The Morgan fingerprint density at radius 1 is 1.28 bits per heavy atom. The topological polar surface area (TPSA) is 35.5 Å². The van der Waals surface area contributed by atoms with Gasteiger partial charge < -0.3 is 14.3 Å². The molecular formula is C15H16O3. The van der Waals surface area contributed by atoms with Crippen molar-refractivity contribution in [1.82, 2.24) is 0 Å². The Morgan fingerprint density at radius 3 is 2.72 bits per heavy atom. The lowest BCUT2D eigenvalue weighted by molar-refractivity contribution is -0.175. The third-order valence-corrected chi connectivity index (χ3v) is 3.84. The van der Waals surface area contributed by atoms with Gasteiger partial charge in [0.15, 0.2) is 5.79 Å². The molecular weight excluding hydrogens is 228 g/mol. The van der Waals surface area contributed by atoms with E-state index in [1.165, 1.54) is 0 Å². The van der Waals surface area contributed by atoms with Crippen LogP contribution in [-0.2, 0) is 14.3 Å². The summed E-state index contributed by atoms with van der Waals surface area (Å²) < 4.78 is 11.4. The molecule has 2 atom stereocenters. The van der Waals surface area contributed by atoms with Crippen LogP contribution in [0, 0.1) is 5.92 Å². The van der Waals surface area contributed by atoms with Crippen LogP contribution in [0.3, 0.4) is 0 Å². The highest BCUT2D eigenvalue weighted by atomic mass is 16.7. The summed E-state index contributed by atoms with van der Waals surface area (Å²) in [6, 6.07) is 7.97. The molecule has 18 heavy (non-hydrogen) atoms. The molecule has 0 amide bonds. The van der Waals surface area contributed by atoms with Crippen molar-refractivity contribution >= 4 is 12.4 Å². The van der Waals surface area contributed by atoms with Crippen LogP contribution in [0.1, 0.15) is 24.0 Å². The van der Waals surface area contributed by atoms with Crippen molar-refractivity contribution in [3.63, 3.8) is 0 Å². The van der Waals surface area contributed by atoms with E-state index in [2.05, 4.69) is 6.08 Å². The normalized spacial score (nSPS) is 28.9. The van der Waals surface area contributed by atoms with Gasteiger partial charge in [-0.1, -0.05) is 36.4 Å². The van der Waals surface area contributed by atoms with E-state index in [1.807, 2.05) is 37.3 Å². The first kappa shape index (κ1) is 11.6. The predicted octanol–water partition coefficient (Wildman–Crippen LogP) is 2.38. The monoisotopic (exact) mass is 244 g/mol. The molecule has 1 heterocycles. The van der Waals surface area contributed by atoms with E-state index in [1.54, 1.807) is 0 Å². The van der Waals surface area contributed by atoms with Crippen molar-refractivity contribution in [3.05, 3.63) is 41.5 Å². The highest BCUT2D eigenvalue weighted by Gasteiger charge is 2.44. The van der Waals surface area contributed by atoms with Gasteiger partial charge in [0.2, 0.25) is 0 Å². The zero-order valence-corrected chi connectivity index (χ0v) is 10.3. The number of hydrogen-bond donors (Lipinski definition) is 0. The van der Waals surface area contributed by atoms with Gasteiger partial charge in [-0.25, -0.2) is 0 Å². The van der Waals surface area contributed by atoms with Gasteiger partial charge in [0.1, 0.15) is 6.29 Å². The molecule has 2 unspecified atom stereocenters. The Hall–Kier alpha value is -1.45. The minimum atomic E-state index is -0.685. The Morgan fingerprint density at radius 2 is 2.00 bits per heavy atom. The summed E-state index contributed by atoms with van der Waals surface area (Å²) in [6.45, 7) is 3.10. The summed E-state index contributed by atoms with van der Waals surface area (Å²) >= 11 is 0. The molecule has 1 aliphatic heterocycles. The third-order valence-electron chi connectivity index (χ3n) is 3.84. The van der Waals surface area contributed by atoms with Crippen LogP contribution in [0.4, 0.5) is 0 Å². The number of rotatable bonds is 2. The maximum Gasteiger partial charge on any atom is 0.172 e. The van der Waals surface area contributed by atoms with Gasteiger partial charge in [0.05, 0.1) is 19.1 Å². The number of fused-ring (bicyclic) bond motifs is 1. The second-order valence-corrected chi connectivity index (χ2v) is 4.89. The molecule has 0 spiro atoms. The molecule has 0 radical (unpaired) electrons. The molecule has 1 aromatic carbocycles. The molecule has 94 valence electrons. The minimum Gasteiger partial charge on any atom is -0.347 e. The van der Waals surface area contributed by atoms with E-state index in [0.29, 0.717) is 13.2 Å². The highest BCUT2D eigenvalue weighted by Crippen LogP contribution is 2.42. The molecule has 3 heteroatoms. The van der Waals surface area contributed by atoms with Crippen LogP contribution in [0.25, 0.3) is 6.08 Å². The van der Waals surface area contributed by atoms with Crippen LogP contribution in [0.15, 0.2) is 30.3 Å². The van der Waals surface area contributed by atoms with Crippen molar-refractivity contribution in [2.75, 3.05) is 13.2 Å². The first-order valence-electron chi connectivity index (χ1n) is 6.25. The lowest BCUT2D eigenvalue weighted by atomic mass is 9.76. The SMILES string of the molecule is CC1(C2C=Cc3ccccc3C2C=O)OCCO1. The summed E-state index contributed by atoms with van der Waals surface area (Å²) in [6.07, 6.45) is 5.09. The smallest absolute Gasteiger partial charge is 0.172 e. The fraction of sp³-hybridized carbons (Fsp3) is 0.400. The molecule has 0 N–H and O–H groups in total. The van der Waals surface area contributed by atoms with Crippen molar-refractivity contribution in [1.29, 1.82) is 0 Å². The molecule has 1 aliphatic carbocycles. The first-order chi connectivity index (χ1) is 8.74. The minimum absolute atomic E-state index is 0.0626. The number of ether oxygens (including phenoxy) is 2. The standard InChI is InChI=1S/C15H16O3/c1-15(17-8-9-18-15)14-7-6-11-4-2-3-5-12(11)13(14)10-16/h2-7,10,13-14H,8-9H2,1H3. The Balaban J connectivity index is 2.01. The summed E-state index contributed by atoms with van der Waals surface area (Å²) in [5.74, 6) is -0.947. The van der Waals surface area contributed by atoms with Crippen LogP contribution >= 0.6 is 0 Å². The van der Waals surface area contributed by atoms with Gasteiger partial charge in [-0.15, -0.1) is 0 Å². The van der Waals surface area contributed by atoms with E-state index in [4.69, 9.17) is 9.47 Å². The van der Waals surface area contributed by atoms with Crippen LogP contribution in [0.2, 0.25) is 0 Å². The van der Waals surface area contributed by atoms with Crippen LogP contribution in [-0.4, -0.2) is 25.3 Å². The average molecular weight is 244 g/mol. The summed E-state index contributed by atoms with van der Waals surface area (Å²) in [4.78, 5) is 11.5. The maximum absolute atomic E-state index is 11.5. The van der Waals surface area contributed by atoms with E-state index < -0.39 is 5.79 Å². The summed E-state index contributed by atoms with van der Waals surface area (Å²) in [5.41, 5.74) is 2.16. The van der Waals surface area contributed by atoms with E-state index in [9.17, 15) is 4.79 Å². The van der Waals surface area contributed by atoms with E-state index in [0.717, 1.165) is 17.4 Å². The highest BCUT2D eigenvalue weighted by molar-refractivity contribution is 5.72. The molecule has 3 nitrogen and oxygen atoms in total. The quantitative estimate of drug-likeness (QED) is 0.749. The van der Waals surface area contributed by atoms with Crippen molar-refractivity contribution in [3.8, 4) is 0 Å². The fourth-order valence-electron chi connectivity index (χ4n) is 2.87. The number of benzene rings is 1. The summed E-state index contributed by atoms with van der Waals surface area (Å²) in [5, 5.41) is 0. The van der Waals surface area contributed by atoms with Gasteiger partial charge >= 0.3 is 0 Å². The molecule has 1 aromatic rings. The Kier molecular flexibility index (Phi) is 2.80. The van der Waals surface area contributed by atoms with E-state index in [-0.39, 0.29) is 11.8 Å². The van der Waals surface area contributed by atoms with E-state index >= 15 is 0 Å². The lowest BCUT2D eigenvalue weighted by Crippen LogP contribution is -2.40. The van der Waals surface area contributed by atoms with Gasteiger partial charge in [-0.2, -0.15) is 0 Å². The van der Waals surface area contributed by atoms with Gasteiger partial charge in [0, 0.05) is 5.92 Å². The molecule has 3 rings (SSSR count). The largest absolute Gasteiger partial charge is 0.347 e. The Bertz CT molecular complexity index is 486. The van der Waals surface area contributed by atoms with Gasteiger partial charge in [-0.05, 0) is 18.1 Å². The zero-order chi connectivity index (χ0) is 12.6. The number of carbonyl (C=O) groups is 1. The zero-order valence-electron chi connectivity index (χ0n) is 10.3. The number of hydrogen-bond acceptors (Lipinski definition) is 3. The Labute approximate surface area is 106 Å². The fourth-order valence-corrected chi connectivity index (χ4v) is 2.87. The van der Waals surface area contributed by atoms with Crippen LogP contribution in [0.5, 0.6) is 0 Å². The third kappa shape index (κ3) is 1.71. The maximum atomic E-state index is 11.5. The summed E-state index contributed by atoms with van der Waals surface area (Å²) in [7, 11) is 0. The lowest BCUT2D eigenvalue weighted by Gasteiger charge is -2.36. The van der Waals surface area contributed by atoms with Gasteiger partial charge in [-0.3, -0.25) is 0 Å². The van der Waals surface area contributed by atoms with Crippen molar-refractivity contribution < 1.29 is 14.3 Å².